The van der Waals surface area contributed by atoms with E-state index in [1.807, 2.05) is 25.7 Å². The van der Waals surface area contributed by atoms with Crippen molar-refractivity contribution in [3.63, 3.8) is 0 Å². The molecule has 116 valence electrons. The molecule has 1 saturated heterocycles. The Hall–Kier alpha value is -1.85. The highest BCUT2D eigenvalue weighted by Gasteiger charge is 2.39. The summed E-state index contributed by atoms with van der Waals surface area (Å²) in [6.45, 7) is 8.58. The summed E-state index contributed by atoms with van der Waals surface area (Å²) >= 11 is 0. The molecule has 0 bridgehead atoms. The average molecular weight is 293 g/mol. The van der Waals surface area contributed by atoms with Crippen LogP contribution >= 0.6 is 0 Å². The predicted molar refractivity (Wildman–Crippen MR) is 80.7 cm³/mol. The first-order valence-electron chi connectivity index (χ1n) is 7.22. The van der Waals surface area contributed by atoms with Gasteiger partial charge in [0.15, 0.2) is 5.82 Å². The van der Waals surface area contributed by atoms with Crippen molar-refractivity contribution in [2.24, 2.45) is 5.41 Å². The molecule has 0 aliphatic carbocycles. The van der Waals surface area contributed by atoms with Gasteiger partial charge in [-0.1, -0.05) is 0 Å². The Bertz CT molecular complexity index is 603. The highest BCUT2D eigenvalue weighted by molar-refractivity contribution is 5.75. The molecular formula is C15H23N3O3. The average Bonchev–Trinajstić information content (AvgIpc) is 2.37. The molecule has 1 unspecified atom stereocenters. The van der Waals surface area contributed by atoms with Gasteiger partial charge in [0, 0.05) is 31.0 Å². The van der Waals surface area contributed by atoms with Crippen molar-refractivity contribution >= 4 is 11.8 Å². The maximum Gasteiger partial charge on any atom is 0.311 e. The number of hydrogen-bond acceptors (Lipinski definition) is 4. The van der Waals surface area contributed by atoms with Crippen LogP contribution in [-0.2, 0) is 10.3 Å². The van der Waals surface area contributed by atoms with Crippen LogP contribution in [0.5, 0.6) is 0 Å². The van der Waals surface area contributed by atoms with Crippen molar-refractivity contribution in [3.05, 3.63) is 22.7 Å². The predicted octanol–water partition coefficient (Wildman–Crippen LogP) is 1.69. The van der Waals surface area contributed by atoms with Crippen LogP contribution in [0, 0.1) is 5.41 Å². The van der Waals surface area contributed by atoms with Crippen LogP contribution in [0.4, 0.5) is 5.82 Å². The normalized spacial score (nSPS) is 23.1. The van der Waals surface area contributed by atoms with Crippen molar-refractivity contribution in [1.29, 1.82) is 0 Å². The minimum absolute atomic E-state index is 0.167. The molecule has 0 aromatic carbocycles. The van der Waals surface area contributed by atoms with E-state index in [-0.39, 0.29) is 11.1 Å². The first kappa shape index (κ1) is 15.5. The highest BCUT2D eigenvalue weighted by atomic mass is 16.4. The Morgan fingerprint density at radius 1 is 1.43 bits per heavy atom. The number of carboxylic acids is 1. The molecule has 6 nitrogen and oxygen atoms in total. The number of hydrogen-bond donors (Lipinski definition) is 1. The molecule has 0 amide bonds. The number of aromatic nitrogens is 2. The van der Waals surface area contributed by atoms with Gasteiger partial charge in [-0.25, -0.2) is 4.98 Å². The fraction of sp³-hybridized carbons (Fsp3) is 0.667. The second-order valence-electron chi connectivity index (χ2n) is 6.99. The fourth-order valence-electron chi connectivity index (χ4n) is 2.74. The van der Waals surface area contributed by atoms with Crippen molar-refractivity contribution in [1.82, 2.24) is 9.55 Å². The van der Waals surface area contributed by atoms with Crippen LogP contribution in [0.2, 0.25) is 0 Å². The van der Waals surface area contributed by atoms with Gasteiger partial charge in [-0.15, -0.1) is 0 Å². The quantitative estimate of drug-likeness (QED) is 0.898. The van der Waals surface area contributed by atoms with Crippen LogP contribution < -0.4 is 10.5 Å². The lowest BCUT2D eigenvalue weighted by Crippen LogP contribution is -2.49. The SMILES string of the molecule is CC1(C(=O)O)CCCN(c2nccn(C(C)(C)C)c2=O)C1. The molecule has 1 atom stereocenters. The van der Waals surface area contributed by atoms with Crippen LogP contribution in [0.3, 0.4) is 0 Å². The smallest absolute Gasteiger partial charge is 0.311 e. The highest BCUT2D eigenvalue weighted by Crippen LogP contribution is 2.31. The van der Waals surface area contributed by atoms with Crippen molar-refractivity contribution in [2.75, 3.05) is 18.0 Å². The van der Waals surface area contributed by atoms with Crippen LogP contribution in [0.15, 0.2) is 17.2 Å². The van der Waals surface area contributed by atoms with Crippen molar-refractivity contribution in [3.8, 4) is 0 Å². The lowest BCUT2D eigenvalue weighted by Gasteiger charge is -2.38. The molecule has 0 saturated carbocycles. The van der Waals surface area contributed by atoms with E-state index in [0.717, 1.165) is 6.42 Å². The summed E-state index contributed by atoms with van der Waals surface area (Å²) in [5.74, 6) is -0.473. The molecule has 21 heavy (non-hydrogen) atoms. The minimum Gasteiger partial charge on any atom is -0.481 e. The molecule has 1 fully saturated rings. The van der Waals surface area contributed by atoms with Crippen LogP contribution in [0.1, 0.15) is 40.5 Å². The zero-order valence-corrected chi connectivity index (χ0v) is 13.1. The number of piperidine rings is 1. The zero-order valence-electron chi connectivity index (χ0n) is 13.1. The molecule has 2 heterocycles. The molecule has 1 aliphatic rings. The van der Waals surface area contributed by atoms with Crippen LogP contribution in [-0.4, -0.2) is 33.7 Å². The van der Waals surface area contributed by atoms with Gasteiger partial charge in [-0.3, -0.25) is 9.59 Å². The maximum absolute atomic E-state index is 12.6. The lowest BCUT2D eigenvalue weighted by molar-refractivity contribution is -0.148. The number of carbonyl (C=O) groups is 1. The van der Waals surface area contributed by atoms with E-state index in [0.29, 0.717) is 25.3 Å². The summed E-state index contributed by atoms with van der Waals surface area (Å²) < 4.78 is 1.64. The third-order valence-corrected chi connectivity index (χ3v) is 4.06. The van der Waals surface area contributed by atoms with E-state index in [1.165, 1.54) is 0 Å². The summed E-state index contributed by atoms with van der Waals surface area (Å²) in [5.41, 5.74) is -1.32. The Morgan fingerprint density at radius 3 is 2.67 bits per heavy atom. The first-order chi connectivity index (χ1) is 9.65. The second kappa shape index (κ2) is 5.16. The van der Waals surface area contributed by atoms with Gasteiger partial charge in [0.2, 0.25) is 0 Å². The molecule has 0 radical (unpaired) electrons. The third-order valence-electron chi connectivity index (χ3n) is 4.06. The number of carboxylic acid groups (broad SMARTS) is 1. The Kier molecular flexibility index (Phi) is 3.82. The van der Waals surface area contributed by atoms with E-state index < -0.39 is 11.4 Å². The van der Waals surface area contributed by atoms with Crippen molar-refractivity contribution in [2.45, 2.75) is 46.1 Å². The van der Waals surface area contributed by atoms with Gasteiger partial charge in [0.25, 0.3) is 5.56 Å². The summed E-state index contributed by atoms with van der Waals surface area (Å²) in [6.07, 6.45) is 4.65. The molecule has 0 spiro atoms. The maximum atomic E-state index is 12.6. The topological polar surface area (TPSA) is 75.4 Å². The summed E-state index contributed by atoms with van der Waals surface area (Å²) in [5, 5.41) is 9.38. The summed E-state index contributed by atoms with van der Waals surface area (Å²) in [7, 11) is 0. The molecule has 1 aromatic heterocycles. The van der Waals surface area contributed by atoms with Crippen molar-refractivity contribution < 1.29 is 9.90 Å². The van der Waals surface area contributed by atoms with E-state index >= 15 is 0 Å². The number of rotatable bonds is 2. The van der Waals surface area contributed by atoms with E-state index in [9.17, 15) is 14.7 Å². The molecular weight excluding hydrogens is 270 g/mol. The van der Waals surface area contributed by atoms with Gasteiger partial charge in [0.1, 0.15) is 0 Å². The Labute approximate surface area is 124 Å². The molecule has 1 aliphatic heterocycles. The largest absolute Gasteiger partial charge is 0.481 e. The standard InChI is InChI=1S/C15H23N3O3/c1-14(2,3)18-9-7-16-11(12(18)19)17-8-5-6-15(4,10-17)13(20)21/h7,9H,5-6,8,10H2,1-4H3,(H,20,21). The van der Waals surface area contributed by atoms with E-state index in [4.69, 9.17) is 0 Å². The number of anilines is 1. The van der Waals surface area contributed by atoms with Gasteiger partial charge in [0.05, 0.1) is 5.41 Å². The minimum atomic E-state index is -0.825. The lowest BCUT2D eigenvalue weighted by atomic mass is 9.82. The fourth-order valence-corrected chi connectivity index (χ4v) is 2.74. The van der Waals surface area contributed by atoms with Gasteiger partial charge in [-0.05, 0) is 40.5 Å². The first-order valence-corrected chi connectivity index (χ1v) is 7.22. The van der Waals surface area contributed by atoms with E-state index in [1.54, 1.807) is 23.9 Å². The number of nitrogens with zero attached hydrogens (tertiary/aromatic N) is 3. The monoisotopic (exact) mass is 293 g/mol. The Morgan fingerprint density at radius 2 is 2.10 bits per heavy atom. The molecule has 1 aromatic rings. The zero-order chi connectivity index (χ0) is 15.8. The van der Waals surface area contributed by atoms with E-state index in [2.05, 4.69) is 4.98 Å². The molecule has 1 N–H and O–H groups in total. The summed E-state index contributed by atoms with van der Waals surface area (Å²) in [6, 6.07) is 0. The molecule has 6 heteroatoms. The third kappa shape index (κ3) is 2.94. The van der Waals surface area contributed by atoms with Gasteiger partial charge in [-0.2, -0.15) is 0 Å². The number of aliphatic carboxylic acids is 1. The molecule has 2 rings (SSSR count). The summed E-state index contributed by atoms with van der Waals surface area (Å²) in [4.78, 5) is 30.0. The second-order valence-corrected chi connectivity index (χ2v) is 6.99. The van der Waals surface area contributed by atoms with Gasteiger partial charge >= 0.3 is 5.97 Å². The van der Waals surface area contributed by atoms with Crippen LogP contribution in [0.25, 0.3) is 0 Å². The van der Waals surface area contributed by atoms with Gasteiger partial charge < -0.3 is 14.6 Å². The Balaban J connectivity index is 2.39.